The maximum atomic E-state index is 12.7. The highest BCUT2D eigenvalue weighted by molar-refractivity contribution is 7.20. The number of hydrogen-bond donors (Lipinski definition) is 3. The van der Waals surface area contributed by atoms with Crippen LogP contribution in [0.5, 0.6) is 5.75 Å². The first kappa shape index (κ1) is 19.4. The van der Waals surface area contributed by atoms with Crippen LogP contribution in [0.15, 0.2) is 48.5 Å². The molecule has 10 heteroatoms. The average Bonchev–Trinajstić information content (AvgIpc) is 3.15. The number of carbonyl (C=O) groups excluding carboxylic acids is 3. The molecule has 1 aliphatic rings. The molecule has 9 nitrogen and oxygen atoms in total. The summed E-state index contributed by atoms with van der Waals surface area (Å²) in [5.41, 5.74) is 12.3. The molecule has 5 N–H and O–H groups in total. The van der Waals surface area contributed by atoms with Gasteiger partial charge in [-0.15, -0.1) is 11.3 Å². The molecule has 0 spiro atoms. The van der Waals surface area contributed by atoms with Crippen LogP contribution in [0.25, 0.3) is 10.4 Å². The Labute approximate surface area is 175 Å². The zero-order chi connectivity index (χ0) is 21.3. The Bertz CT molecular complexity index is 1150. The van der Waals surface area contributed by atoms with E-state index in [1.54, 1.807) is 18.2 Å². The van der Waals surface area contributed by atoms with Gasteiger partial charge in [0.05, 0.1) is 5.56 Å². The molecule has 0 radical (unpaired) electrons. The fourth-order valence-electron chi connectivity index (χ4n) is 2.98. The molecule has 0 unspecified atom stereocenters. The van der Waals surface area contributed by atoms with E-state index in [1.807, 2.05) is 30.3 Å². The van der Waals surface area contributed by atoms with Crippen LogP contribution in [-0.2, 0) is 9.59 Å². The van der Waals surface area contributed by atoms with Crippen LogP contribution in [0.3, 0.4) is 0 Å². The minimum Gasteiger partial charge on any atom is -0.480 e. The summed E-state index contributed by atoms with van der Waals surface area (Å²) < 4.78 is 5.32. The molecule has 3 heterocycles. The maximum Gasteiger partial charge on any atom is 0.266 e. The van der Waals surface area contributed by atoms with Crippen LogP contribution in [0.1, 0.15) is 10.4 Å². The molecule has 0 aliphatic carbocycles. The van der Waals surface area contributed by atoms with Gasteiger partial charge in [0.15, 0.2) is 18.2 Å². The first-order valence-electron chi connectivity index (χ1n) is 8.91. The zero-order valence-corrected chi connectivity index (χ0v) is 16.4. The van der Waals surface area contributed by atoms with Crippen molar-refractivity contribution in [3.8, 4) is 16.2 Å². The second-order valence-electron chi connectivity index (χ2n) is 6.46. The Morgan fingerprint density at radius 3 is 2.70 bits per heavy atom. The van der Waals surface area contributed by atoms with Gasteiger partial charge >= 0.3 is 0 Å². The van der Waals surface area contributed by atoms with Crippen molar-refractivity contribution >= 4 is 45.7 Å². The van der Waals surface area contributed by atoms with Gasteiger partial charge < -0.3 is 21.5 Å². The van der Waals surface area contributed by atoms with Crippen LogP contribution in [0.4, 0.5) is 16.6 Å². The number of nitrogens with two attached hydrogens (primary N) is 2. The smallest absolute Gasteiger partial charge is 0.266 e. The molecule has 0 atom stereocenters. The van der Waals surface area contributed by atoms with Gasteiger partial charge in [-0.3, -0.25) is 19.3 Å². The van der Waals surface area contributed by atoms with Crippen molar-refractivity contribution in [2.45, 2.75) is 0 Å². The van der Waals surface area contributed by atoms with Crippen LogP contribution in [-0.4, -0.2) is 35.9 Å². The van der Waals surface area contributed by atoms with E-state index in [9.17, 15) is 14.4 Å². The number of nitrogen functional groups attached to an aromatic ring is 1. The highest BCUT2D eigenvalue weighted by atomic mass is 32.1. The standard InChI is InChI=1S/C20H17N5O4S/c21-15-7-6-13-19(23-15)25(17(27)10-29-13)9-16(26)24-20-12(18(22)28)8-14(30-20)11-4-2-1-3-5-11/h1-8H,9-10H2,(H2,21,23)(H2,22,28)(H,24,26). The number of fused-ring (bicyclic) bond motifs is 1. The fraction of sp³-hybridized carbons (Fsp3) is 0.100. The van der Waals surface area contributed by atoms with E-state index < -0.39 is 17.7 Å². The predicted octanol–water partition coefficient (Wildman–Crippen LogP) is 1.86. The number of amides is 3. The number of nitrogens with zero attached hydrogens (tertiary/aromatic N) is 2. The van der Waals surface area contributed by atoms with Gasteiger partial charge in [0, 0.05) is 4.88 Å². The van der Waals surface area contributed by atoms with E-state index in [-0.39, 0.29) is 30.4 Å². The number of anilines is 3. The summed E-state index contributed by atoms with van der Waals surface area (Å²) in [5, 5.41) is 2.99. The van der Waals surface area contributed by atoms with Gasteiger partial charge in [-0.1, -0.05) is 30.3 Å². The second kappa shape index (κ2) is 7.84. The Hall–Kier alpha value is -3.92. The Morgan fingerprint density at radius 2 is 1.97 bits per heavy atom. The lowest BCUT2D eigenvalue weighted by molar-refractivity contribution is -0.123. The summed E-state index contributed by atoms with van der Waals surface area (Å²) in [7, 11) is 0. The SMILES string of the molecule is NC(=O)c1cc(-c2ccccc2)sc1NC(=O)CN1C(=O)COc2ccc(N)nc21. The topological polar surface area (TPSA) is 141 Å². The Kier molecular flexibility index (Phi) is 5.07. The summed E-state index contributed by atoms with van der Waals surface area (Å²) in [5.74, 6) is -0.874. The zero-order valence-electron chi connectivity index (χ0n) is 15.6. The lowest BCUT2D eigenvalue weighted by Gasteiger charge is -2.27. The molecule has 152 valence electrons. The molecular weight excluding hydrogens is 406 g/mol. The van der Waals surface area contributed by atoms with Gasteiger partial charge in [0.25, 0.3) is 11.8 Å². The van der Waals surface area contributed by atoms with E-state index in [2.05, 4.69) is 10.3 Å². The predicted molar refractivity (Wildman–Crippen MR) is 113 cm³/mol. The average molecular weight is 423 g/mol. The summed E-state index contributed by atoms with van der Waals surface area (Å²) >= 11 is 1.22. The van der Waals surface area contributed by atoms with Crippen molar-refractivity contribution in [3.63, 3.8) is 0 Å². The molecule has 0 saturated carbocycles. The lowest BCUT2D eigenvalue weighted by atomic mass is 10.1. The van der Waals surface area contributed by atoms with Crippen molar-refractivity contribution in [1.82, 2.24) is 4.98 Å². The van der Waals surface area contributed by atoms with E-state index >= 15 is 0 Å². The third kappa shape index (κ3) is 3.80. The Morgan fingerprint density at radius 1 is 1.20 bits per heavy atom. The number of rotatable bonds is 5. The summed E-state index contributed by atoms with van der Waals surface area (Å²) in [6, 6.07) is 14.2. The molecule has 1 aliphatic heterocycles. The molecule has 3 amide bonds. The first-order chi connectivity index (χ1) is 14.4. The number of ether oxygens (including phenoxy) is 1. The van der Waals surface area contributed by atoms with Crippen molar-refractivity contribution in [2.24, 2.45) is 5.73 Å². The van der Waals surface area contributed by atoms with Crippen LogP contribution in [0.2, 0.25) is 0 Å². The number of aromatic nitrogens is 1. The van der Waals surface area contributed by atoms with Crippen molar-refractivity contribution in [3.05, 3.63) is 54.1 Å². The van der Waals surface area contributed by atoms with Gasteiger partial charge in [-0.05, 0) is 23.8 Å². The van der Waals surface area contributed by atoms with Gasteiger partial charge in [-0.25, -0.2) is 4.98 Å². The first-order valence-corrected chi connectivity index (χ1v) is 9.72. The molecule has 4 rings (SSSR count). The van der Waals surface area contributed by atoms with Crippen LogP contribution < -0.4 is 26.4 Å². The fourth-order valence-corrected chi connectivity index (χ4v) is 4.06. The quantitative estimate of drug-likeness (QED) is 0.572. The molecule has 30 heavy (non-hydrogen) atoms. The number of benzene rings is 1. The molecular formula is C20H17N5O4S. The highest BCUT2D eigenvalue weighted by Crippen LogP contribution is 2.35. The van der Waals surface area contributed by atoms with Crippen molar-refractivity contribution < 1.29 is 19.1 Å². The highest BCUT2D eigenvalue weighted by Gasteiger charge is 2.29. The number of hydrogen-bond acceptors (Lipinski definition) is 7. The maximum absolute atomic E-state index is 12.7. The lowest BCUT2D eigenvalue weighted by Crippen LogP contribution is -2.44. The third-order valence-electron chi connectivity index (χ3n) is 4.38. The van der Waals surface area contributed by atoms with Crippen molar-refractivity contribution in [1.29, 1.82) is 0 Å². The van der Waals surface area contributed by atoms with Crippen molar-refractivity contribution in [2.75, 3.05) is 29.1 Å². The number of primary amides is 1. The van der Waals surface area contributed by atoms with Crippen LogP contribution >= 0.6 is 11.3 Å². The molecule has 1 aromatic carbocycles. The largest absolute Gasteiger partial charge is 0.480 e. The van der Waals surface area contributed by atoms with Gasteiger partial charge in [-0.2, -0.15) is 0 Å². The van der Waals surface area contributed by atoms with E-state index in [1.165, 1.54) is 16.2 Å². The number of carbonyl (C=O) groups is 3. The van der Waals surface area contributed by atoms with E-state index in [4.69, 9.17) is 16.2 Å². The minimum atomic E-state index is -0.661. The van der Waals surface area contributed by atoms with Gasteiger partial charge in [0.2, 0.25) is 5.91 Å². The third-order valence-corrected chi connectivity index (χ3v) is 5.48. The number of nitrogens with one attached hydrogen (secondary N) is 1. The normalized spacial score (nSPS) is 12.8. The molecule has 0 saturated heterocycles. The summed E-state index contributed by atoms with van der Waals surface area (Å²) in [6.07, 6.45) is 0. The molecule has 3 aromatic rings. The summed E-state index contributed by atoms with van der Waals surface area (Å²) in [6.45, 7) is -0.530. The van der Waals surface area contributed by atoms with E-state index in [0.29, 0.717) is 10.8 Å². The molecule has 0 fully saturated rings. The summed E-state index contributed by atoms with van der Waals surface area (Å²) in [4.78, 5) is 42.9. The monoisotopic (exact) mass is 423 g/mol. The Balaban J connectivity index is 1.58. The molecule has 0 bridgehead atoms. The van der Waals surface area contributed by atoms with Crippen LogP contribution in [0, 0.1) is 0 Å². The second-order valence-corrected chi connectivity index (χ2v) is 7.51. The van der Waals surface area contributed by atoms with Gasteiger partial charge in [0.1, 0.15) is 17.4 Å². The van der Waals surface area contributed by atoms with E-state index in [0.717, 1.165) is 10.4 Å². The molecule has 2 aromatic heterocycles. The number of pyridine rings is 1. The minimum absolute atomic E-state index is 0.174. The number of thiophene rings is 1.